The largest absolute Gasteiger partial charge is 0.395 e. The Kier molecular flexibility index (Phi) is 3.83. The molecule has 3 rings (SSSR count). The molecule has 0 unspecified atom stereocenters. The molecule has 0 spiro atoms. The molecule has 0 radical (unpaired) electrons. The second-order valence-corrected chi connectivity index (χ2v) is 5.85. The van der Waals surface area contributed by atoms with Crippen molar-refractivity contribution in [3.63, 3.8) is 0 Å². The number of likely N-dealkylation sites (tertiary alicyclic amines) is 1. The molecule has 0 saturated carbocycles. The van der Waals surface area contributed by atoms with E-state index in [0.29, 0.717) is 0 Å². The summed E-state index contributed by atoms with van der Waals surface area (Å²) in [5.74, 6) is -0.245. The van der Waals surface area contributed by atoms with Gasteiger partial charge in [-0.1, -0.05) is 12.6 Å². The van der Waals surface area contributed by atoms with Crippen LogP contribution in [0.15, 0.2) is 30.5 Å². The SMILES string of the molecule is C=C1NC(C)=C(CN2CCC[C@@H]2CO)c2ccc(F)cc21. The summed E-state index contributed by atoms with van der Waals surface area (Å²) in [6.07, 6.45) is 2.16. The fraction of sp³-hybridized carbons (Fsp3) is 0.412. The summed E-state index contributed by atoms with van der Waals surface area (Å²) in [5, 5.41) is 12.7. The third-order valence-electron chi connectivity index (χ3n) is 4.49. The zero-order valence-corrected chi connectivity index (χ0v) is 12.3. The Morgan fingerprint density at radius 2 is 2.24 bits per heavy atom. The molecule has 2 aliphatic rings. The van der Waals surface area contributed by atoms with Crippen LogP contribution in [-0.4, -0.2) is 35.7 Å². The van der Waals surface area contributed by atoms with Crippen LogP contribution in [0, 0.1) is 5.82 Å². The average Bonchev–Trinajstić information content (AvgIpc) is 2.91. The third kappa shape index (κ3) is 2.61. The Bertz CT molecular complexity index is 609. The molecule has 112 valence electrons. The topological polar surface area (TPSA) is 35.5 Å². The first-order valence-electron chi connectivity index (χ1n) is 7.41. The number of allylic oxidation sites excluding steroid dienone is 1. The molecule has 4 heteroatoms. The highest BCUT2D eigenvalue weighted by Gasteiger charge is 2.27. The Labute approximate surface area is 124 Å². The standard InChI is InChI=1S/C17H21FN2O/c1-11-16-8-13(18)5-6-15(16)17(12(2)19-11)9-20-7-3-4-14(20)10-21/h5-6,8,14,19,21H,1,3-4,7,9-10H2,2H3/t14-/m1/s1. The van der Waals surface area contributed by atoms with E-state index >= 15 is 0 Å². The Hall–Kier alpha value is -1.65. The number of aliphatic hydroxyl groups excluding tert-OH is 1. The monoisotopic (exact) mass is 288 g/mol. The van der Waals surface area contributed by atoms with Gasteiger partial charge in [-0.3, -0.25) is 4.90 Å². The number of aliphatic hydroxyl groups is 1. The molecule has 1 atom stereocenters. The van der Waals surface area contributed by atoms with Crippen molar-refractivity contribution in [2.75, 3.05) is 19.7 Å². The van der Waals surface area contributed by atoms with Gasteiger partial charge in [-0.15, -0.1) is 0 Å². The van der Waals surface area contributed by atoms with E-state index in [1.807, 2.05) is 13.0 Å². The molecule has 2 heterocycles. The van der Waals surface area contributed by atoms with Gasteiger partial charge in [0.15, 0.2) is 0 Å². The summed E-state index contributed by atoms with van der Waals surface area (Å²) in [4.78, 5) is 2.31. The number of nitrogens with zero attached hydrogens (tertiary/aromatic N) is 1. The lowest BCUT2D eigenvalue weighted by molar-refractivity contribution is 0.171. The highest BCUT2D eigenvalue weighted by molar-refractivity contribution is 5.85. The van der Waals surface area contributed by atoms with E-state index < -0.39 is 0 Å². The molecule has 2 aliphatic heterocycles. The van der Waals surface area contributed by atoms with Crippen LogP contribution in [-0.2, 0) is 0 Å². The van der Waals surface area contributed by atoms with Crippen LogP contribution in [0.4, 0.5) is 4.39 Å². The third-order valence-corrected chi connectivity index (χ3v) is 4.49. The lowest BCUT2D eigenvalue weighted by Crippen LogP contribution is -2.35. The molecular formula is C17H21FN2O. The van der Waals surface area contributed by atoms with Crippen molar-refractivity contribution in [2.45, 2.75) is 25.8 Å². The highest BCUT2D eigenvalue weighted by atomic mass is 19.1. The first kappa shape index (κ1) is 14.3. The first-order valence-corrected chi connectivity index (χ1v) is 7.41. The van der Waals surface area contributed by atoms with Crippen LogP contribution in [0.3, 0.4) is 0 Å². The average molecular weight is 288 g/mol. The fourth-order valence-corrected chi connectivity index (χ4v) is 3.32. The van der Waals surface area contributed by atoms with E-state index in [-0.39, 0.29) is 18.5 Å². The van der Waals surface area contributed by atoms with E-state index in [4.69, 9.17) is 0 Å². The fourth-order valence-electron chi connectivity index (χ4n) is 3.32. The summed E-state index contributed by atoms with van der Waals surface area (Å²) in [5.41, 5.74) is 4.84. The van der Waals surface area contributed by atoms with Crippen LogP contribution < -0.4 is 5.32 Å². The minimum absolute atomic E-state index is 0.197. The molecule has 2 N–H and O–H groups in total. The van der Waals surface area contributed by atoms with Crippen molar-refractivity contribution in [3.8, 4) is 0 Å². The molecule has 1 aromatic rings. The Balaban J connectivity index is 1.94. The predicted octanol–water partition coefficient (Wildman–Crippen LogP) is 2.59. The number of fused-ring (bicyclic) bond motifs is 1. The van der Waals surface area contributed by atoms with Crippen molar-refractivity contribution in [1.29, 1.82) is 0 Å². The van der Waals surface area contributed by atoms with E-state index in [0.717, 1.165) is 54.0 Å². The van der Waals surface area contributed by atoms with E-state index in [1.54, 1.807) is 0 Å². The summed E-state index contributed by atoms with van der Waals surface area (Å²) in [6.45, 7) is 7.97. The van der Waals surface area contributed by atoms with Gasteiger partial charge in [0.2, 0.25) is 0 Å². The molecule has 1 saturated heterocycles. The minimum atomic E-state index is -0.245. The summed E-state index contributed by atoms with van der Waals surface area (Å²) >= 11 is 0. The van der Waals surface area contributed by atoms with Crippen molar-refractivity contribution in [1.82, 2.24) is 10.2 Å². The number of rotatable bonds is 3. The molecule has 0 aliphatic carbocycles. The lowest BCUT2D eigenvalue weighted by Gasteiger charge is -2.30. The van der Waals surface area contributed by atoms with E-state index in [2.05, 4.69) is 16.8 Å². The summed E-state index contributed by atoms with van der Waals surface area (Å²) in [6, 6.07) is 5.10. The quantitative estimate of drug-likeness (QED) is 0.897. The van der Waals surface area contributed by atoms with Gasteiger partial charge in [0, 0.05) is 29.5 Å². The maximum absolute atomic E-state index is 13.5. The van der Waals surface area contributed by atoms with Crippen LogP contribution in [0.2, 0.25) is 0 Å². The maximum atomic E-state index is 13.5. The van der Waals surface area contributed by atoms with Gasteiger partial charge in [0.05, 0.1) is 6.61 Å². The Morgan fingerprint density at radius 1 is 1.43 bits per heavy atom. The van der Waals surface area contributed by atoms with Crippen LogP contribution in [0.1, 0.15) is 30.9 Å². The normalized spacial score (nSPS) is 22.4. The smallest absolute Gasteiger partial charge is 0.123 e. The first-order chi connectivity index (χ1) is 10.1. The molecule has 0 amide bonds. The van der Waals surface area contributed by atoms with Crippen molar-refractivity contribution < 1.29 is 9.50 Å². The van der Waals surface area contributed by atoms with Gasteiger partial charge >= 0.3 is 0 Å². The molecular weight excluding hydrogens is 267 g/mol. The number of halogens is 1. The zero-order valence-electron chi connectivity index (χ0n) is 12.3. The molecule has 3 nitrogen and oxygen atoms in total. The van der Waals surface area contributed by atoms with Crippen LogP contribution in [0.5, 0.6) is 0 Å². The molecule has 0 aromatic heterocycles. The number of benzene rings is 1. The second kappa shape index (κ2) is 5.62. The minimum Gasteiger partial charge on any atom is -0.395 e. The van der Waals surface area contributed by atoms with Gasteiger partial charge < -0.3 is 10.4 Å². The van der Waals surface area contributed by atoms with Gasteiger partial charge in [-0.25, -0.2) is 4.39 Å². The summed E-state index contributed by atoms with van der Waals surface area (Å²) < 4.78 is 13.5. The van der Waals surface area contributed by atoms with Gasteiger partial charge in [0.1, 0.15) is 5.82 Å². The molecule has 1 aromatic carbocycles. The number of hydrogen-bond acceptors (Lipinski definition) is 3. The van der Waals surface area contributed by atoms with E-state index in [9.17, 15) is 9.50 Å². The Morgan fingerprint density at radius 3 is 3.00 bits per heavy atom. The van der Waals surface area contributed by atoms with Crippen molar-refractivity contribution in [2.24, 2.45) is 0 Å². The second-order valence-electron chi connectivity index (χ2n) is 5.85. The highest BCUT2D eigenvalue weighted by Crippen LogP contribution is 2.33. The van der Waals surface area contributed by atoms with Gasteiger partial charge in [0.25, 0.3) is 0 Å². The molecule has 1 fully saturated rings. The van der Waals surface area contributed by atoms with Crippen molar-refractivity contribution in [3.05, 3.63) is 47.4 Å². The predicted molar refractivity (Wildman–Crippen MR) is 82.8 cm³/mol. The molecule has 21 heavy (non-hydrogen) atoms. The lowest BCUT2D eigenvalue weighted by atomic mass is 9.92. The van der Waals surface area contributed by atoms with Gasteiger partial charge in [-0.2, -0.15) is 0 Å². The number of hydrogen-bond donors (Lipinski definition) is 2. The summed E-state index contributed by atoms with van der Waals surface area (Å²) in [7, 11) is 0. The zero-order chi connectivity index (χ0) is 15.0. The maximum Gasteiger partial charge on any atom is 0.123 e. The van der Waals surface area contributed by atoms with Crippen LogP contribution >= 0.6 is 0 Å². The van der Waals surface area contributed by atoms with Gasteiger partial charge in [-0.05, 0) is 49.6 Å². The van der Waals surface area contributed by atoms with Crippen molar-refractivity contribution >= 4 is 11.3 Å². The van der Waals surface area contributed by atoms with Crippen LogP contribution in [0.25, 0.3) is 11.3 Å². The number of nitrogens with one attached hydrogen (secondary N) is 1. The van der Waals surface area contributed by atoms with E-state index in [1.165, 1.54) is 12.1 Å². The molecule has 0 bridgehead atoms.